The van der Waals surface area contributed by atoms with Crippen LogP contribution in [-0.4, -0.2) is 35.8 Å². The van der Waals surface area contributed by atoms with Crippen molar-refractivity contribution in [3.63, 3.8) is 0 Å². The number of benzene rings is 3. The van der Waals surface area contributed by atoms with Crippen molar-refractivity contribution in [3.8, 4) is 16.9 Å². The summed E-state index contributed by atoms with van der Waals surface area (Å²) >= 11 is 6.20. The van der Waals surface area contributed by atoms with E-state index in [4.69, 9.17) is 23.1 Å². The molecule has 4 aromatic rings. The standard InChI is InChI=1S/C27H24ClN5O4S/c1-2-38(36,37)19-9-7-18(8-10-19)33-25-20(24(32-33)26(30)34)11-4-15-3-6-17(14-21(15)25)31-27(35)22-13-16(29)5-12-23(22)28/h3,5-10,12-14H,2,4,11,29H2,1H3,(H2,30,34)(H,31,35). The summed E-state index contributed by atoms with van der Waals surface area (Å²) in [4.78, 5) is 25.4. The zero-order valence-corrected chi connectivity index (χ0v) is 21.9. The largest absolute Gasteiger partial charge is 0.399 e. The van der Waals surface area contributed by atoms with Crippen LogP contribution in [0.5, 0.6) is 0 Å². The number of nitrogen functional groups attached to an aromatic ring is 1. The van der Waals surface area contributed by atoms with E-state index < -0.39 is 21.7 Å². The minimum atomic E-state index is -3.38. The van der Waals surface area contributed by atoms with Gasteiger partial charge in [-0.2, -0.15) is 5.10 Å². The Bertz CT molecular complexity index is 1710. The Balaban J connectivity index is 1.59. The van der Waals surface area contributed by atoms with Crippen molar-refractivity contribution in [3.05, 3.63) is 88.1 Å². The lowest BCUT2D eigenvalue weighted by atomic mass is 9.88. The first-order valence-corrected chi connectivity index (χ1v) is 13.9. The predicted octanol–water partition coefficient (Wildman–Crippen LogP) is 4.02. The van der Waals surface area contributed by atoms with E-state index in [1.54, 1.807) is 41.9 Å². The van der Waals surface area contributed by atoms with Crippen LogP contribution in [0, 0.1) is 0 Å². The zero-order valence-electron chi connectivity index (χ0n) is 20.4. The molecule has 0 radical (unpaired) electrons. The number of hydrogen-bond donors (Lipinski definition) is 3. The van der Waals surface area contributed by atoms with Crippen LogP contribution >= 0.6 is 11.6 Å². The Morgan fingerprint density at radius 1 is 1.05 bits per heavy atom. The van der Waals surface area contributed by atoms with Crippen LogP contribution in [0.25, 0.3) is 16.9 Å². The van der Waals surface area contributed by atoms with Crippen LogP contribution in [0.3, 0.4) is 0 Å². The maximum atomic E-state index is 12.9. The molecule has 1 aromatic heterocycles. The van der Waals surface area contributed by atoms with Gasteiger partial charge in [0.05, 0.1) is 32.6 Å². The molecule has 38 heavy (non-hydrogen) atoms. The topological polar surface area (TPSA) is 150 Å². The molecule has 0 atom stereocenters. The number of fused-ring (bicyclic) bond motifs is 3. The molecule has 9 nitrogen and oxygen atoms in total. The lowest BCUT2D eigenvalue weighted by Crippen LogP contribution is -2.16. The number of halogens is 1. The number of nitrogens with two attached hydrogens (primary N) is 2. The summed E-state index contributed by atoms with van der Waals surface area (Å²) in [6.45, 7) is 1.58. The van der Waals surface area contributed by atoms with Gasteiger partial charge in [-0.15, -0.1) is 0 Å². The van der Waals surface area contributed by atoms with Gasteiger partial charge >= 0.3 is 0 Å². The number of aromatic nitrogens is 2. The summed E-state index contributed by atoms with van der Waals surface area (Å²) in [5.74, 6) is -1.09. The van der Waals surface area contributed by atoms with Crippen molar-refractivity contribution in [2.24, 2.45) is 5.73 Å². The second-order valence-corrected chi connectivity index (χ2v) is 11.6. The summed E-state index contributed by atoms with van der Waals surface area (Å²) in [6, 6.07) is 16.5. The van der Waals surface area contributed by atoms with E-state index in [2.05, 4.69) is 10.4 Å². The number of nitrogens with zero attached hydrogens (tertiary/aromatic N) is 2. The minimum Gasteiger partial charge on any atom is -0.399 e. The molecule has 194 valence electrons. The average Bonchev–Trinajstić information content (AvgIpc) is 3.31. The first-order chi connectivity index (χ1) is 18.1. The van der Waals surface area contributed by atoms with Gasteiger partial charge in [0.15, 0.2) is 15.5 Å². The first kappa shape index (κ1) is 25.5. The molecule has 0 unspecified atom stereocenters. The maximum Gasteiger partial charge on any atom is 0.269 e. The molecule has 1 aliphatic carbocycles. The van der Waals surface area contributed by atoms with E-state index in [1.165, 1.54) is 18.2 Å². The number of amides is 2. The van der Waals surface area contributed by atoms with Gasteiger partial charge in [-0.05, 0) is 73.0 Å². The third-order valence-electron chi connectivity index (χ3n) is 6.54. The average molecular weight is 550 g/mol. The van der Waals surface area contributed by atoms with Crippen LogP contribution in [0.2, 0.25) is 5.02 Å². The molecule has 11 heteroatoms. The Morgan fingerprint density at radius 2 is 1.79 bits per heavy atom. The quantitative estimate of drug-likeness (QED) is 0.309. The lowest BCUT2D eigenvalue weighted by molar-refractivity contribution is 0.0992. The third kappa shape index (κ3) is 4.52. The smallest absolute Gasteiger partial charge is 0.269 e. The highest BCUT2D eigenvalue weighted by Gasteiger charge is 2.28. The van der Waals surface area contributed by atoms with E-state index >= 15 is 0 Å². The molecule has 2 amide bonds. The Labute approximate surface area is 224 Å². The maximum absolute atomic E-state index is 12.9. The second kappa shape index (κ2) is 9.62. The van der Waals surface area contributed by atoms with Gasteiger partial charge in [0.25, 0.3) is 11.8 Å². The van der Waals surface area contributed by atoms with E-state index in [0.29, 0.717) is 41.2 Å². The molecule has 0 bridgehead atoms. The summed E-state index contributed by atoms with van der Waals surface area (Å²) in [5, 5.41) is 7.64. The molecule has 5 N–H and O–H groups in total. The SMILES string of the molecule is CCS(=O)(=O)c1ccc(-n2nc(C(N)=O)c3c2-c2cc(NC(=O)c4cc(N)ccc4Cl)ccc2CC3)cc1. The van der Waals surface area contributed by atoms with Crippen LogP contribution in [0.4, 0.5) is 11.4 Å². The van der Waals surface area contributed by atoms with Crippen LogP contribution in [0.15, 0.2) is 65.6 Å². The lowest BCUT2D eigenvalue weighted by Gasteiger charge is -2.20. The number of rotatable bonds is 6. The molecule has 5 rings (SSSR count). The van der Waals surface area contributed by atoms with E-state index in [1.807, 2.05) is 12.1 Å². The molecule has 0 spiro atoms. The van der Waals surface area contributed by atoms with E-state index in [9.17, 15) is 18.0 Å². The van der Waals surface area contributed by atoms with Crippen LogP contribution < -0.4 is 16.8 Å². The molecule has 1 aliphatic rings. The van der Waals surface area contributed by atoms with Crippen molar-refractivity contribution < 1.29 is 18.0 Å². The number of primary amides is 1. The molecule has 0 fully saturated rings. The summed E-state index contributed by atoms with van der Waals surface area (Å²) < 4.78 is 26.1. The number of carbonyl (C=O) groups is 2. The molecule has 0 saturated carbocycles. The molecule has 3 aromatic carbocycles. The first-order valence-electron chi connectivity index (χ1n) is 11.8. The van der Waals surface area contributed by atoms with Crippen molar-refractivity contribution in [1.82, 2.24) is 9.78 Å². The Hall–Kier alpha value is -4.15. The van der Waals surface area contributed by atoms with Crippen LogP contribution in [-0.2, 0) is 22.7 Å². The third-order valence-corrected chi connectivity index (χ3v) is 8.62. The summed E-state index contributed by atoms with van der Waals surface area (Å²) in [5.41, 5.74) is 16.5. The van der Waals surface area contributed by atoms with Crippen LogP contribution in [0.1, 0.15) is 38.9 Å². The molecule has 0 saturated heterocycles. The molecule has 0 aliphatic heterocycles. The van der Waals surface area contributed by atoms with Crippen molar-refractivity contribution >= 4 is 44.6 Å². The van der Waals surface area contributed by atoms with Gasteiger partial charge in [0.1, 0.15) is 0 Å². The highest BCUT2D eigenvalue weighted by molar-refractivity contribution is 7.91. The number of nitrogens with one attached hydrogen (secondary N) is 1. The highest BCUT2D eigenvalue weighted by atomic mass is 35.5. The van der Waals surface area contributed by atoms with Gasteiger partial charge < -0.3 is 16.8 Å². The summed E-state index contributed by atoms with van der Waals surface area (Å²) in [6.07, 6.45) is 1.20. The van der Waals surface area contributed by atoms with Crippen molar-refractivity contribution in [2.75, 3.05) is 16.8 Å². The molecule has 1 heterocycles. The fourth-order valence-corrected chi connectivity index (χ4v) is 5.67. The second-order valence-electron chi connectivity index (χ2n) is 8.91. The number of aryl methyl sites for hydroxylation is 1. The Kier molecular flexibility index (Phi) is 6.46. The van der Waals surface area contributed by atoms with E-state index in [-0.39, 0.29) is 26.9 Å². The van der Waals surface area contributed by atoms with Gasteiger partial charge in [-0.1, -0.05) is 24.6 Å². The van der Waals surface area contributed by atoms with Crippen molar-refractivity contribution in [2.45, 2.75) is 24.7 Å². The fourth-order valence-electron chi connectivity index (χ4n) is 4.58. The number of anilines is 2. The number of sulfone groups is 1. The predicted molar refractivity (Wildman–Crippen MR) is 146 cm³/mol. The number of carbonyl (C=O) groups excluding carboxylic acids is 2. The minimum absolute atomic E-state index is 0.0159. The highest BCUT2D eigenvalue weighted by Crippen LogP contribution is 2.38. The Morgan fingerprint density at radius 3 is 2.47 bits per heavy atom. The van der Waals surface area contributed by atoms with Gasteiger partial charge in [-0.25, -0.2) is 13.1 Å². The van der Waals surface area contributed by atoms with Gasteiger partial charge in [0, 0.05) is 22.5 Å². The molecular formula is C27H24ClN5O4S. The number of hydrogen-bond acceptors (Lipinski definition) is 6. The van der Waals surface area contributed by atoms with Gasteiger partial charge in [-0.3, -0.25) is 9.59 Å². The molecular weight excluding hydrogens is 526 g/mol. The normalized spacial score (nSPS) is 12.5. The summed E-state index contributed by atoms with van der Waals surface area (Å²) in [7, 11) is -3.38. The van der Waals surface area contributed by atoms with Crippen molar-refractivity contribution in [1.29, 1.82) is 0 Å². The van der Waals surface area contributed by atoms with E-state index in [0.717, 1.165) is 11.1 Å². The monoisotopic (exact) mass is 549 g/mol. The zero-order chi connectivity index (χ0) is 27.2. The fraction of sp³-hybridized carbons (Fsp3) is 0.148. The van der Waals surface area contributed by atoms with Gasteiger partial charge in [0.2, 0.25) is 0 Å².